The molecule has 0 atom stereocenters. The molecule has 45 heavy (non-hydrogen) atoms. The number of fused-ring (bicyclic) bond motifs is 3. The summed E-state index contributed by atoms with van der Waals surface area (Å²) in [5.41, 5.74) is 8.84. The zero-order valence-corrected chi connectivity index (χ0v) is 24.5. The van der Waals surface area contributed by atoms with Gasteiger partial charge in [-0.05, 0) is 84.9 Å². The lowest BCUT2D eigenvalue weighted by Gasteiger charge is -2.30. The van der Waals surface area contributed by atoms with Crippen LogP contribution in [0.15, 0.2) is 180 Å². The monoisotopic (exact) mass is 579 g/mol. The number of benzene rings is 7. The van der Waals surface area contributed by atoms with Gasteiger partial charge in [0, 0.05) is 44.8 Å². The molecule has 0 aliphatic heterocycles. The molecular formula is C41H29N3O. The van der Waals surface area contributed by atoms with E-state index >= 15 is 0 Å². The number of aromatic nitrogens is 1. The van der Waals surface area contributed by atoms with Crippen LogP contribution in [0.5, 0.6) is 0 Å². The molecule has 0 fully saturated rings. The summed E-state index contributed by atoms with van der Waals surface area (Å²) in [5, 5.41) is 2.05. The van der Waals surface area contributed by atoms with Crippen molar-refractivity contribution in [1.82, 2.24) is 4.98 Å². The van der Waals surface area contributed by atoms with Crippen molar-refractivity contribution >= 4 is 56.0 Å². The predicted octanol–water partition coefficient (Wildman–Crippen LogP) is 11.6. The molecule has 4 nitrogen and oxygen atoms in total. The van der Waals surface area contributed by atoms with Crippen molar-refractivity contribution in [2.75, 3.05) is 9.80 Å². The normalized spacial score (nSPS) is 11.1. The van der Waals surface area contributed by atoms with Gasteiger partial charge >= 0.3 is 0 Å². The van der Waals surface area contributed by atoms with Crippen LogP contribution < -0.4 is 9.80 Å². The highest BCUT2D eigenvalue weighted by molar-refractivity contribution is 6.12. The summed E-state index contributed by atoms with van der Waals surface area (Å²) >= 11 is 0. The second-order valence-corrected chi connectivity index (χ2v) is 10.9. The lowest BCUT2D eigenvalue weighted by Crippen LogP contribution is -2.13. The Hall–Kier alpha value is -6.13. The van der Waals surface area contributed by atoms with Crippen molar-refractivity contribution in [3.05, 3.63) is 176 Å². The number of oxazole rings is 1. The molecule has 4 heteroatoms. The Kier molecular flexibility index (Phi) is 6.78. The van der Waals surface area contributed by atoms with Gasteiger partial charge < -0.3 is 14.2 Å². The SMILES string of the molecule is c1ccc(-c2nc3ccc4c(N(c5ccccc5)c5ccccc5)cc(N(c5ccccc5)c5ccccc5)cc4c3o2)cc1. The van der Waals surface area contributed by atoms with E-state index in [1.165, 1.54) is 0 Å². The van der Waals surface area contributed by atoms with Crippen LogP contribution in [-0.4, -0.2) is 4.98 Å². The van der Waals surface area contributed by atoms with Crippen molar-refractivity contribution in [1.29, 1.82) is 0 Å². The van der Waals surface area contributed by atoms with Crippen LogP contribution in [-0.2, 0) is 0 Å². The summed E-state index contributed by atoms with van der Waals surface area (Å²) < 4.78 is 6.61. The summed E-state index contributed by atoms with van der Waals surface area (Å²) in [5.74, 6) is 0.607. The highest BCUT2D eigenvalue weighted by Gasteiger charge is 2.22. The summed E-state index contributed by atoms with van der Waals surface area (Å²) in [4.78, 5) is 9.54. The van der Waals surface area contributed by atoms with E-state index < -0.39 is 0 Å². The van der Waals surface area contributed by atoms with Gasteiger partial charge in [0.05, 0.1) is 5.69 Å². The lowest BCUT2D eigenvalue weighted by molar-refractivity contribution is 0.623. The van der Waals surface area contributed by atoms with E-state index in [2.05, 4.69) is 143 Å². The fourth-order valence-corrected chi connectivity index (χ4v) is 5.99. The van der Waals surface area contributed by atoms with Crippen LogP contribution in [0.3, 0.4) is 0 Å². The molecule has 0 aliphatic carbocycles. The number of anilines is 6. The molecular weight excluding hydrogens is 550 g/mol. The summed E-state index contributed by atoms with van der Waals surface area (Å²) in [7, 11) is 0. The Bertz CT molecular complexity index is 2120. The highest BCUT2D eigenvalue weighted by atomic mass is 16.3. The van der Waals surface area contributed by atoms with Crippen molar-refractivity contribution in [3.63, 3.8) is 0 Å². The van der Waals surface area contributed by atoms with Crippen LogP contribution >= 0.6 is 0 Å². The number of para-hydroxylation sites is 4. The molecule has 7 aromatic carbocycles. The quantitative estimate of drug-likeness (QED) is 0.188. The van der Waals surface area contributed by atoms with E-state index in [0.29, 0.717) is 5.89 Å². The molecule has 0 spiro atoms. The van der Waals surface area contributed by atoms with Crippen LogP contribution in [0, 0.1) is 0 Å². The van der Waals surface area contributed by atoms with E-state index in [-0.39, 0.29) is 0 Å². The lowest BCUT2D eigenvalue weighted by atomic mass is 10.0. The third-order valence-electron chi connectivity index (χ3n) is 8.03. The number of rotatable bonds is 7. The number of hydrogen-bond donors (Lipinski definition) is 0. The van der Waals surface area contributed by atoms with Gasteiger partial charge in [-0.3, -0.25) is 0 Å². The molecule has 0 radical (unpaired) electrons. The first-order valence-corrected chi connectivity index (χ1v) is 15.1. The number of nitrogens with zero attached hydrogens (tertiary/aromatic N) is 3. The molecule has 0 saturated carbocycles. The summed E-state index contributed by atoms with van der Waals surface area (Å²) in [6, 6.07) is 60.9. The third kappa shape index (κ3) is 4.98. The minimum atomic E-state index is 0.607. The molecule has 0 aliphatic rings. The van der Waals surface area contributed by atoms with Gasteiger partial charge in [-0.15, -0.1) is 0 Å². The molecule has 8 rings (SSSR count). The van der Waals surface area contributed by atoms with Gasteiger partial charge in [0.15, 0.2) is 5.58 Å². The van der Waals surface area contributed by atoms with Crippen molar-refractivity contribution in [3.8, 4) is 11.5 Å². The Balaban J connectivity index is 1.46. The maximum atomic E-state index is 6.61. The molecule has 214 valence electrons. The Labute approximate surface area is 262 Å². The van der Waals surface area contributed by atoms with E-state index in [1.807, 2.05) is 42.5 Å². The van der Waals surface area contributed by atoms with Gasteiger partial charge in [0.2, 0.25) is 5.89 Å². The van der Waals surface area contributed by atoms with Gasteiger partial charge in [-0.25, -0.2) is 4.98 Å². The van der Waals surface area contributed by atoms with Gasteiger partial charge in [-0.1, -0.05) is 91.0 Å². The maximum Gasteiger partial charge on any atom is 0.227 e. The van der Waals surface area contributed by atoms with Crippen molar-refractivity contribution in [2.24, 2.45) is 0 Å². The molecule has 1 aromatic heterocycles. The van der Waals surface area contributed by atoms with E-state index in [9.17, 15) is 0 Å². The molecule has 0 N–H and O–H groups in total. The second kappa shape index (κ2) is 11.5. The minimum absolute atomic E-state index is 0.607. The summed E-state index contributed by atoms with van der Waals surface area (Å²) in [6.07, 6.45) is 0. The largest absolute Gasteiger partial charge is 0.435 e. The topological polar surface area (TPSA) is 32.5 Å². The first-order valence-electron chi connectivity index (χ1n) is 15.1. The Morgan fingerprint density at radius 3 is 1.38 bits per heavy atom. The summed E-state index contributed by atoms with van der Waals surface area (Å²) in [6.45, 7) is 0. The van der Waals surface area contributed by atoms with E-state index in [1.54, 1.807) is 0 Å². The Morgan fingerprint density at radius 2 is 0.867 bits per heavy atom. The predicted molar refractivity (Wildman–Crippen MR) is 186 cm³/mol. The zero-order chi connectivity index (χ0) is 30.0. The standard InChI is InChI=1S/C41H29N3O/c1-6-16-30(17-7-1)41-42-38-27-26-36-37(40(38)45-41)28-35(43(31-18-8-2-9-19-31)32-20-10-3-11-21-32)29-39(36)44(33-22-12-4-13-23-33)34-24-14-5-15-25-34/h1-29H. The molecule has 8 aromatic rings. The molecule has 0 saturated heterocycles. The van der Waals surface area contributed by atoms with Gasteiger partial charge in [0.1, 0.15) is 5.52 Å². The van der Waals surface area contributed by atoms with Gasteiger partial charge in [0.25, 0.3) is 0 Å². The van der Waals surface area contributed by atoms with Crippen molar-refractivity contribution in [2.45, 2.75) is 0 Å². The number of hydrogen-bond acceptors (Lipinski definition) is 4. The van der Waals surface area contributed by atoms with Crippen LogP contribution in [0.1, 0.15) is 0 Å². The van der Waals surface area contributed by atoms with Crippen molar-refractivity contribution < 1.29 is 4.42 Å². The van der Waals surface area contributed by atoms with Gasteiger partial charge in [-0.2, -0.15) is 0 Å². The van der Waals surface area contributed by atoms with Crippen LogP contribution in [0.25, 0.3) is 33.3 Å². The zero-order valence-electron chi connectivity index (χ0n) is 24.5. The molecule has 1 heterocycles. The smallest absolute Gasteiger partial charge is 0.227 e. The molecule has 0 bridgehead atoms. The van der Waals surface area contributed by atoms with Crippen LogP contribution in [0.2, 0.25) is 0 Å². The van der Waals surface area contributed by atoms with Crippen LogP contribution in [0.4, 0.5) is 34.1 Å². The molecule has 0 unspecified atom stereocenters. The second-order valence-electron chi connectivity index (χ2n) is 10.9. The highest BCUT2D eigenvalue weighted by Crippen LogP contribution is 2.46. The minimum Gasteiger partial charge on any atom is -0.435 e. The average Bonchev–Trinajstić information content (AvgIpc) is 3.56. The first-order chi connectivity index (χ1) is 22.3. The Morgan fingerprint density at radius 1 is 0.400 bits per heavy atom. The van der Waals surface area contributed by atoms with E-state index in [0.717, 1.165) is 61.6 Å². The first kappa shape index (κ1) is 26.5. The maximum absolute atomic E-state index is 6.61. The third-order valence-corrected chi connectivity index (χ3v) is 8.03. The van der Waals surface area contributed by atoms with E-state index in [4.69, 9.17) is 9.40 Å². The molecule has 0 amide bonds. The average molecular weight is 580 g/mol. The fourth-order valence-electron chi connectivity index (χ4n) is 5.99. The fraction of sp³-hybridized carbons (Fsp3) is 0.